The van der Waals surface area contributed by atoms with E-state index in [1.807, 2.05) is 4.90 Å². The zero-order valence-electron chi connectivity index (χ0n) is 19.8. The number of hydrogen-bond donors (Lipinski definition) is 1. The van der Waals surface area contributed by atoms with Gasteiger partial charge in [0.05, 0.1) is 32.6 Å². The molecule has 37 heavy (non-hydrogen) atoms. The summed E-state index contributed by atoms with van der Waals surface area (Å²) in [5, 5.41) is 20.6. The lowest BCUT2D eigenvalue weighted by molar-refractivity contribution is -0.384. The number of aliphatic imine (C=N–C) groups is 1. The van der Waals surface area contributed by atoms with Crippen molar-refractivity contribution in [3.63, 3.8) is 0 Å². The molecule has 1 aromatic heterocycles. The van der Waals surface area contributed by atoms with Crippen LogP contribution in [0.4, 0.5) is 15.8 Å². The fourth-order valence-electron chi connectivity index (χ4n) is 4.87. The molecule has 1 atom stereocenters. The molecule has 0 unspecified atom stereocenters. The Bertz CT molecular complexity index is 1500. The molecule has 0 bridgehead atoms. The number of nitro benzene ring substituents is 1. The predicted molar refractivity (Wildman–Crippen MR) is 139 cm³/mol. The molecule has 2 aromatic carbocycles. The standard InChI is InChI=1S/C26H24ClFN4O5/c27-22-23-19(25(33)20(26(34)35)14-31(23)17-7-8-17)11-21(28)24(22)30-9-2-1-5-16(13-30)29-12-15-4-3-6-18(10-15)32(36)37/h3-4,6,10-12,14,16-17H,1-2,5,7-9,13H2,(H,34,35)/t16-/m1/s1. The first kappa shape index (κ1) is 24.9. The molecule has 192 valence electrons. The third-order valence-corrected chi connectivity index (χ3v) is 7.19. The van der Waals surface area contributed by atoms with E-state index in [0.29, 0.717) is 24.2 Å². The molecule has 0 amide bonds. The van der Waals surface area contributed by atoms with Gasteiger partial charge in [0, 0.05) is 43.7 Å². The highest BCUT2D eigenvalue weighted by molar-refractivity contribution is 6.38. The van der Waals surface area contributed by atoms with Crippen molar-refractivity contribution in [2.24, 2.45) is 4.99 Å². The summed E-state index contributed by atoms with van der Waals surface area (Å²) in [5.74, 6) is -2.05. The Morgan fingerprint density at radius 1 is 1.24 bits per heavy atom. The minimum absolute atomic E-state index is 0.00780. The second kappa shape index (κ2) is 9.93. The summed E-state index contributed by atoms with van der Waals surface area (Å²) in [5.41, 5.74) is -0.0817. The second-order valence-electron chi connectivity index (χ2n) is 9.46. The number of benzene rings is 2. The molecular weight excluding hydrogens is 503 g/mol. The Morgan fingerprint density at radius 3 is 2.73 bits per heavy atom. The Labute approximate surface area is 215 Å². The number of fused-ring (bicyclic) bond motifs is 1. The average molecular weight is 527 g/mol. The predicted octanol–water partition coefficient (Wildman–Crippen LogP) is 5.21. The Kier molecular flexibility index (Phi) is 6.68. The first-order valence-corrected chi connectivity index (χ1v) is 12.4. The van der Waals surface area contributed by atoms with Gasteiger partial charge >= 0.3 is 5.97 Å². The van der Waals surface area contributed by atoms with E-state index in [2.05, 4.69) is 4.99 Å². The third-order valence-electron chi connectivity index (χ3n) is 6.83. The molecular formula is C26H24ClFN4O5. The lowest BCUT2D eigenvalue weighted by Gasteiger charge is -2.27. The van der Waals surface area contributed by atoms with Gasteiger partial charge in [0.1, 0.15) is 11.4 Å². The van der Waals surface area contributed by atoms with Gasteiger partial charge in [-0.25, -0.2) is 9.18 Å². The summed E-state index contributed by atoms with van der Waals surface area (Å²) < 4.78 is 17.2. The molecule has 2 fully saturated rings. The number of hydrogen-bond acceptors (Lipinski definition) is 6. The zero-order chi connectivity index (χ0) is 26.3. The van der Waals surface area contributed by atoms with Crippen LogP contribution in [-0.4, -0.2) is 45.9 Å². The molecule has 9 nitrogen and oxygen atoms in total. The van der Waals surface area contributed by atoms with Gasteiger partial charge in [0.15, 0.2) is 0 Å². The number of carbonyl (C=O) groups is 1. The monoisotopic (exact) mass is 526 g/mol. The van der Waals surface area contributed by atoms with Gasteiger partial charge in [0.25, 0.3) is 5.69 Å². The van der Waals surface area contributed by atoms with Crippen molar-refractivity contribution in [2.45, 2.75) is 44.2 Å². The van der Waals surface area contributed by atoms with Gasteiger partial charge in [-0.05, 0) is 43.7 Å². The van der Waals surface area contributed by atoms with Crippen LogP contribution in [0.5, 0.6) is 0 Å². The van der Waals surface area contributed by atoms with Gasteiger partial charge < -0.3 is 14.6 Å². The summed E-state index contributed by atoms with van der Waals surface area (Å²) in [7, 11) is 0. The molecule has 1 saturated heterocycles. The number of halogens is 2. The van der Waals surface area contributed by atoms with Crippen molar-refractivity contribution < 1.29 is 19.2 Å². The van der Waals surface area contributed by atoms with Gasteiger partial charge in [-0.15, -0.1) is 0 Å². The molecule has 2 aliphatic rings. The van der Waals surface area contributed by atoms with Crippen LogP contribution in [0.1, 0.15) is 54.1 Å². The average Bonchev–Trinajstić information content (AvgIpc) is 3.71. The number of nitro groups is 1. The first-order chi connectivity index (χ1) is 17.7. The normalized spacial score (nSPS) is 18.3. The van der Waals surface area contributed by atoms with Gasteiger partial charge in [0.2, 0.25) is 5.43 Å². The van der Waals surface area contributed by atoms with E-state index in [9.17, 15) is 24.8 Å². The Balaban J connectivity index is 1.52. The van der Waals surface area contributed by atoms with E-state index in [4.69, 9.17) is 11.6 Å². The zero-order valence-corrected chi connectivity index (χ0v) is 20.5. The van der Waals surface area contributed by atoms with Crippen LogP contribution in [0.15, 0.2) is 46.3 Å². The first-order valence-electron chi connectivity index (χ1n) is 12.1. The van der Waals surface area contributed by atoms with Crippen LogP contribution < -0.4 is 10.3 Å². The molecule has 11 heteroatoms. The maximum absolute atomic E-state index is 15.5. The quantitative estimate of drug-likeness (QED) is 0.267. The van der Waals surface area contributed by atoms with E-state index >= 15 is 4.39 Å². The molecule has 1 aliphatic heterocycles. The van der Waals surface area contributed by atoms with E-state index < -0.39 is 27.7 Å². The number of rotatable bonds is 6. The van der Waals surface area contributed by atoms with Crippen LogP contribution >= 0.6 is 11.6 Å². The number of carboxylic acid groups (broad SMARTS) is 1. The molecule has 1 saturated carbocycles. The number of aromatic nitrogens is 1. The van der Waals surface area contributed by atoms with Gasteiger partial charge in [-0.3, -0.25) is 19.9 Å². The number of carboxylic acids is 1. The summed E-state index contributed by atoms with van der Waals surface area (Å²) in [6.45, 7) is 0.903. The summed E-state index contributed by atoms with van der Waals surface area (Å²) in [6.07, 6.45) is 6.93. The minimum atomic E-state index is -1.36. The fourth-order valence-corrected chi connectivity index (χ4v) is 5.28. The van der Waals surface area contributed by atoms with Crippen LogP contribution in [0.25, 0.3) is 10.9 Å². The van der Waals surface area contributed by atoms with E-state index in [1.165, 1.54) is 18.3 Å². The van der Waals surface area contributed by atoms with Crippen molar-refractivity contribution in [1.29, 1.82) is 0 Å². The number of non-ortho nitro benzene ring substituents is 1. The molecule has 1 N–H and O–H groups in total. The van der Waals surface area contributed by atoms with E-state index in [-0.39, 0.29) is 33.9 Å². The van der Waals surface area contributed by atoms with Crippen molar-refractivity contribution in [3.05, 3.63) is 78.8 Å². The van der Waals surface area contributed by atoms with E-state index in [0.717, 1.165) is 38.2 Å². The fraction of sp³-hybridized carbons (Fsp3) is 0.346. The van der Waals surface area contributed by atoms with Crippen LogP contribution in [-0.2, 0) is 0 Å². The Morgan fingerprint density at radius 2 is 2.03 bits per heavy atom. The lowest BCUT2D eigenvalue weighted by atomic mass is 10.1. The van der Waals surface area contributed by atoms with Crippen LogP contribution in [0.2, 0.25) is 5.02 Å². The van der Waals surface area contributed by atoms with Gasteiger partial charge in [-0.2, -0.15) is 0 Å². The summed E-state index contributed by atoms with van der Waals surface area (Å²) in [6, 6.07) is 7.08. The number of aromatic carboxylic acids is 1. The van der Waals surface area contributed by atoms with Crippen molar-refractivity contribution >= 4 is 46.1 Å². The summed E-state index contributed by atoms with van der Waals surface area (Å²) >= 11 is 6.79. The maximum Gasteiger partial charge on any atom is 0.341 e. The molecule has 0 radical (unpaired) electrons. The highest BCUT2D eigenvalue weighted by Gasteiger charge is 2.31. The number of anilines is 1. The van der Waals surface area contributed by atoms with Crippen LogP contribution in [0, 0.1) is 15.9 Å². The number of pyridine rings is 1. The smallest absolute Gasteiger partial charge is 0.341 e. The molecule has 5 rings (SSSR count). The van der Waals surface area contributed by atoms with Crippen molar-refractivity contribution in [1.82, 2.24) is 4.57 Å². The summed E-state index contributed by atoms with van der Waals surface area (Å²) in [4.78, 5) is 41.6. The third kappa shape index (κ3) is 4.93. The number of nitrogens with zero attached hydrogens (tertiary/aromatic N) is 4. The molecule has 0 spiro atoms. The van der Waals surface area contributed by atoms with Crippen molar-refractivity contribution in [2.75, 3.05) is 18.0 Å². The molecule has 1 aliphatic carbocycles. The lowest BCUT2D eigenvalue weighted by Crippen LogP contribution is -2.31. The largest absolute Gasteiger partial charge is 0.477 e. The topological polar surface area (TPSA) is 118 Å². The maximum atomic E-state index is 15.5. The highest BCUT2D eigenvalue weighted by atomic mass is 35.5. The Hall–Kier alpha value is -3.79. The molecule has 2 heterocycles. The highest BCUT2D eigenvalue weighted by Crippen LogP contribution is 2.42. The minimum Gasteiger partial charge on any atom is -0.477 e. The van der Waals surface area contributed by atoms with E-state index in [1.54, 1.807) is 22.9 Å². The molecule has 3 aromatic rings. The van der Waals surface area contributed by atoms with Crippen LogP contribution in [0.3, 0.4) is 0 Å². The second-order valence-corrected chi connectivity index (χ2v) is 9.84. The van der Waals surface area contributed by atoms with Gasteiger partial charge in [-0.1, -0.05) is 23.7 Å². The SMILES string of the molecule is O=C(O)c1cn(C2CC2)c2c(Cl)c(N3CCCC[C@@H](N=Cc4cccc([N+](=O)[O-])c4)C3)c(F)cc2c1=O. The van der Waals surface area contributed by atoms with Crippen molar-refractivity contribution in [3.8, 4) is 0 Å².